The SMILES string of the molecule is CCCCNc1nc(N)c2ncn(Cc3ccccc3)c2n1. The number of hydrogen-bond donors (Lipinski definition) is 2. The molecule has 0 spiro atoms. The van der Waals surface area contributed by atoms with E-state index in [-0.39, 0.29) is 0 Å². The maximum atomic E-state index is 6.00. The van der Waals surface area contributed by atoms with Gasteiger partial charge in [-0.25, -0.2) is 4.98 Å². The standard InChI is InChI=1S/C16H20N6/c1-2-3-9-18-16-20-14(17)13-15(21-16)22(11-19-13)10-12-7-5-4-6-8-12/h4-8,11H,2-3,9-10H2,1H3,(H3,17,18,20,21). The van der Waals surface area contributed by atoms with Gasteiger partial charge in [0.25, 0.3) is 0 Å². The van der Waals surface area contributed by atoms with Crippen molar-refractivity contribution in [3.8, 4) is 0 Å². The Morgan fingerprint density at radius 3 is 2.77 bits per heavy atom. The molecule has 114 valence electrons. The molecule has 2 aromatic heterocycles. The number of anilines is 2. The molecule has 0 aliphatic rings. The quantitative estimate of drug-likeness (QED) is 0.683. The Balaban J connectivity index is 1.90. The van der Waals surface area contributed by atoms with Crippen molar-refractivity contribution in [1.29, 1.82) is 0 Å². The Kier molecular flexibility index (Phi) is 4.18. The topological polar surface area (TPSA) is 81.6 Å². The van der Waals surface area contributed by atoms with E-state index in [1.165, 1.54) is 5.56 Å². The summed E-state index contributed by atoms with van der Waals surface area (Å²) < 4.78 is 1.99. The van der Waals surface area contributed by atoms with E-state index < -0.39 is 0 Å². The molecule has 6 nitrogen and oxygen atoms in total. The lowest BCUT2D eigenvalue weighted by Crippen LogP contribution is -2.08. The van der Waals surface area contributed by atoms with Gasteiger partial charge in [-0.1, -0.05) is 43.7 Å². The molecule has 0 unspecified atom stereocenters. The fourth-order valence-electron chi connectivity index (χ4n) is 2.32. The first-order valence-electron chi connectivity index (χ1n) is 7.54. The fourth-order valence-corrected chi connectivity index (χ4v) is 2.32. The van der Waals surface area contributed by atoms with Gasteiger partial charge in [-0.05, 0) is 12.0 Å². The molecule has 0 fully saturated rings. The van der Waals surface area contributed by atoms with E-state index in [2.05, 4.69) is 39.3 Å². The second-order valence-corrected chi connectivity index (χ2v) is 5.24. The Hall–Kier alpha value is -2.63. The second-order valence-electron chi connectivity index (χ2n) is 5.24. The number of hydrogen-bond acceptors (Lipinski definition) is 5. The van der Waals surface area contributed by atoms with Gasteiger partial charge in [-0.15, -0.1) is 0 Å². The van der Waals surface area contributed by atoms with Crippen LogP contribution in [0, 0.1) is 0 Å². The van der Waals surface area contributed by atoms with Crippen LogP contribution < -0.4 is 11.1 Å². The van der Waals surface area contributed by atoms with Gasteiger partial charge >= 0.3 is 0 Å². The molecule has 0 atom stereocenters. The molecule has 0 saturated carbocycles. The van der Waals surface area contributed by atoms with Crippen molar-refractivity contribution >= 4 is 22.9 Å². The molecular weight excluding hydrogens is 276 g/mol. The first-order valence-corrected chi connectivity index (χ1v) is 7.54. The third-order valence-corrected chi connectivity index (χ3v) is 3.50. The Bertz CT molecular complexity index is 750. The monoisotopic (exact) mass is 296 g/mol. The van der Waals surface area contributed by atoms with E-state index >= 15 is 0 Å². The van der Waals surface area contributed by atoms with E-state index in [1.54, 1.807) is 6.33 Å². The third-order valence-electron chi connectivity index (χ3n) is 3.50. The minimum atomic E-state index is 0.413. The predicted molar refractivity (Wildman–Crippen MR) is 88.7 cm³/mol. The summed E-state index contributed by atoms with van der Waals surface area (Å²) in [4.78, 5) is 13.2. The number of benzene rings is 1. The lowest BCUT2D eigenvalue weighted by atomic mass is 10.2. The maximum Gasteiger partial charge on any atom is 0.226 e. The van der Waals surface area contributed by atoms with Crippen LogP contribution in [0.15, 0.2) is 36.7 Å². The number of aromatic nitrogens is 4. The Labute approximate surface area is 129 Å². The number of nitrogens with one attached hydrogen (secondary N) is 1. The first-order chi connectivity index (χ1) is 10.8. The molecule has 6 heteroatoms. The van der Waals surface area contributed by atoms with Crippen LogP contribution >= 0.6 is 0 Å². The molecule has 3 aromatic rings. The molecule has 3 rings (SSSR count). The number of nitrogens with two attached hydrogens (primary N) is 1. The minimum absolute atomic E-state index is 0.413. The van der Waals surface area contributed by atoms with E-state index in [0.29, 0.717) is 23.8 Å². The summed E-state index contributed by atoms with van der Waals surface area (Å²) >= 11 is 0. The van der Waals surface area contributed by atoms with Crippen LogP contribution in [0.4, 0.5) is 11.8 Å². The molecule has 0 amide bonds. The third kappa shape index (κ3) is 3.00. The van der Waals surface area contributed by atoms with Crippen LogP contribution in [0.2, 0.25) is 0 Å². The van der Waals surface area contributed by atoms with Crippen molar-refractivity contribution in [2.24, 2.45) is 0 Å². The van der Waals surface area contributed by atoms with E-state index in [4.69, 9.17) is 5.73 Å². The van der Waals surface area contributed by atoms with Gasteiger partial charge in [-0.2, -0.15) is 9.97 Å². The molecule has 0 radical (unpaired) electrons. The molecule has 3 N–H and O–H groups in total. The van der Waals surface area contributed by atoms with Crippen molar-refractivity contribution in [2.75, 3.05) is 17.6 Å². The van der Waals surface area contributed by atoms with Gasteiger partial charge in [0, 0.05) is 6.54 Å². The number of rotatable bonds is 6. The van der Waals surface area contributed by atoms with Gasteiger partial charge in [-0.3, -0.25) is 0 Å². The zero-order valence-electron chi connectivity index (χ0n) is 12.7. The molecule has 0 saturated heterocycles. The second kappa shape index (κ2) is 6.43. The van der Waals surface area contributed by atoms with Gasteiger partial charge in [0.15, 0.2) is 11.5 Å². The van der Waals surface area contributed by atoms with Gasteiger partial charge in [0.05, 0.1) is 12.9 Å². The van der Waals surface area contributed by atoms with Crippen molar-refractivity contribution < 1.29 is 0 Å². The normalized spacial score (nSPS) is 11.0. The Morgan fingerprint density at radius 2 is 2.00 bits per heavy atom. The maximum absolute atomic E-state index is 6.00. The summed E-state index contributed by atoms with van der Waals surface area (Å²) in [5.74, 6) is 0.976. The van der Waals surface area contributed by atoms with E-state index in [1.807, 2.05) is 22.8 Å². The summed E-state index contributed by atoms with van der Waals surface area (Å²) in [7, 11) is 0. The van der Waals surface area contributed by atoms with Crippen LogP contribution in [0.25, 0.3) is 11.2 Å². The van der Waals surface area contributed by atoms with Crippen LogP contribution in [-0.2, 0) is 6.54 Å². The number of nitrogens with zero attached hydrogens (tertiary/aromatic N) is 4. The largest absolute Gasteiger partial charge is 0.382 e. The predicted octanol–water partition coefficient (Wildman–Crippen LogP) is 2.67. The number of unbranched alkanes of at least 4 members (excludes halogenated alkanes) is 1. The molecule has 2 heterocycles. The van der Waals surface area contributed by atoms with Crippen molar-refractivity contribution in [1.82, 2.24) is 19.5 Å². The molecule has 0 aliphatic heterocycles. The first kappa shape index (κ1) is 14.3. The van der Waals surface area contributed by atoms with Crippen LogP contribution in [0.5, 0.6) is 0 Å². The number of nitrogen functional groups attached to an aromatic ring is 1. The lowest BCUT2D eigenvalue weighted by molar-refractivity contribution is 0.808. The van der Waals surface area contributed by atoms with E-state index in [9.17, 15) is 0 Å². The number of imidazole rings is 1. The molecule has 22 heavy (non-hydrogen) atoms. The average molecular weight is 296 g/mol. The smallest absolute Gasteiger partial charge is 0.226 e. The Morgan fingerprint density at radius 1 is 1.18 bits per heavy atom. The molecule has 1 aromatic carbocycles. The van der Waals surface area contributed by atoms with Gasteiger partial charge < -0.3 is 15.6 Å². The van der Waals surface area contributed by atoms with Crippen LogP contribution in [0.3, 0.4) is 0 Å². The minimum Gasteiger partial charge on any atom is -0.382 e. The van der Waals surface area contributed by atoms with E-state index in [0.717, 1.165) is 25.0 Å². The highest BCUT2D eigenvalue weighted by atomic mass is 15.2. The summed E-state index contributed by atoms with van der Waals surface area (Å²) in [6.45, 7) is 3.70. The van der Waals surface area contributed by atoms with Crippen LogP contribution in [0.1, 0.15) is 25.3 Å². The van der Waals surface area contributed by atoms with Crippen LogP contribution in [-0.4, -0.2) is 26.1 Å². The summed E-state index contributed by atoms with van der Waals surface area (Å²) in [5.41, 5.74) is 8.60. The zero-order valence-corrected chi connectivity index (χ0v) is 12.7. The summed E-state index contributed by atoms with van der Waals surface area (Å²) in [6, 6.07) is 10.2. The average Bonchev–Trinajstić information content (AvgIpc) is 2.92. The van der Waals surface area contributed by atoms with Gasteiger partial charge in [0.1, 0.15) is 5.52 Å². The lowest BCUT2D eigenvalue weighted by Gasteiger charge is -2.07. The van der Waals surface area contributed by atoms with Gasteiger partial charge in [0.2, 0.25) is 5.95 Å². The highest BCUT2D eigenvalue weighted by molar-refractivity contribution is 5.82. The molecular formula is C16H20N6. The summed E-state index contributed by atoms with van der Waals surface area (Å²) in [6.07, 6.45) is 3.96. The molecule has 0 aliphatic carbocycles. The zero-order chi connectivity index (χ0) is 15.4. The fraction of sp³-hybridized carbons (Fsp3) is 0.312. The highest BCUT2D eigenvalue weighted by Gasteiger charge is 2.11. The highest BCUT2D eigenvalue weighted by Crippen LogP contribution is 2.19. The van der Waals surface area contributed by atoms with Crippen molar-refractivity contribution in [3.05, 3.63) is 42.2 Å². The summed E-state index contributed by atoms with van der Waals surface area (Å²) in [5, 5.41) is 3.22. The van der Waals surface area contributed by atoms with Crippen molar-refractivity contribution in [3.63, 3.8) is 0 Å². The molecule has 0 bridgehead atoms. The number of fused-ring (bicyclic) bond motifs is 1. The van der Waals surface area contributed by atoms with Crippen molar-refractivity contribution in [2.45, 2.75) is 26.3 Å².